The molecule has 1 saturated heterocycles. The maximum absolute atomic E-state index is 12.6. The lowest BCUT2D eigenvalue weighted by Gasteiger charge is -2.17. The maximum atomic E-state index is 12.6. The first-order valence-electron chi connectivity index (χ1n) is 9.14. The van der Waals surface area contributed by atoms with Crippen LogP contribution in [0.15, 0.2) is 59.4 Å². The molecule has 2 amide bonds. The Balaban J connectivity index is 1.47. The number of amides is 2. The normalized spacial score (nSPS) is 16.5. The highest BCUT2D eigenvalue weighted by atomic mass is 16.2. The molecule has 0 radical (unpaired) electrons. The molecule has 1 aliphatic heterocycles. The molecule has 2 heterocycles. The number of nitrogens with one attached hydrogen (secondary N) is 1. The van der Waals surface area contributed by atoms with Crippen LogP contribution < -0.4 is 15.8 Å². The number of hydrogen-bond donors (Lipinski definition) is 1. The van der Waals surface area contributed by atoms with Crippen molar-refractivity contribution in [3.05, 3.63) is 70.6 Å². The molecule has 1 aromatic heterocycles. The van der Waals surface area contributed by atoms with Crippen LogP contribution in [0.3, 0.4) is 0 Å². The summed E-state index contributed by atoms with van der Waals surface area (Å²) in [6, 6.07) is 16.3. The first-order valence-corrected chi connectivity index (χ1v) is 9.14. The smallest absolute Gasteiger partial charge is 0.275 e. The molecule has 1 N–H and O–H groups in total. The SMILES string of the molecule is Cc1nn(CC(=O)NC2CC(=O)N(c3ccccc3)C2)c(=O)c2ccccc12. The Morgan fingerprint density at radius 1 is 1.07 bits per heavy atom. The van der Waals surface area contributed by atoms with Gasteiger partial charge in [-0.1, -0.05) is 36.4 Å². The van der Waals surface area contributed by atoms with Crippen molar-refractivity contribution in [2.45, 2.75) is 25.9 Å². The van der Waals surface area contributed by atoms with Crippen LogP contribution in [-0.4, -0.2) is 34.2 Å². The Bertz CT molecular complexity index is 1110. The summed E-state index contributed by atoms with van der Waals surface area (Å²) >= 11 is 0. The lowest BCUT2D eigenvalue weighted by molar-refractivity contribution is -0.122. The molecule has 0 bridgehead atoms. The van der Waals surface area contributed by atoms with Gasteiger partial charge >= 0.3 is 0 Å². The number of hydrogen-bond acceptors (Lipinski definition) is 4. The topological polar surface area (TPSA) is 84.3 Å². The van der Waals surface area contributed by atoms with E-state index in [0.29, 0.717) is 17.6 Å². The predicted octanol–water partition coefficient (Wildman–Crippen LogP) is 1.63. The number of rotatable bonds is 4. The van der Waals surface area contributed by atoms with Crippen LogP contribution in [0.5, 0.6) is 0 Å². The molecule has 0 spiro atoms. The first-order chi connectivity index (χ1) is 13.5. The Morgan fingerprint density at radius 3 is 2.50 bits per heavy atom. The fourth-order valence-electron chi connectivity index (χ4n) is 3.58. The largest absolute Gasteiger partial charge is 0.349 e. The van der Waals surface area contributed by atoms with Gasteiger partial charge in [0.1, 0.15) is 6.54 Å². The molecule has 2 aromatic carbocycles. The fourth-order valence-corrected chi connectivity index (χ4v) is 3.58. The number of nitrogens with zero attached hydrogens (tertiary/aromatic N) is 3. The van der Waals surface area contributed by atoms with Crippen molar-refractivity contribution in [1.82, 2.24) is 15.1 Å². The van der Waals surface area contributed by atoms with E-state index in [9.17, 15) is 14.4 Å². The molecule has 1 aliphatic rings. The van der Waals surface area contributed by atoms with E-state index in [0.717, 1.165) is 11.1 Å². The van der Waals surface area contributed by atoms with Crippen molar-refractivity contribution in [3.8, 4) is 0 Å². The van der Waals surface area contributed by atoms with Crippen molar-refractivity contribution >= 4 is 28.3 Å². The Kier molecular flexibility index (Phi) is 4.65. The molecular formula is C21H20N4O3. The van der Waals surface area contributed by atoms with Gasteiger partial charge in [0.2, 0.25) is 11.8 Å². The minimum atomic E-state index is -0.336. The third kappa shape index (κ3) is 3.38. The van der Waals surface area contributed by atoms with Gasteiger partial charge in [-0.15, -0.1) is 0 Å². The molecule has 28 heavy (non-hydrogen) atoms. The second-order valence-electron chi connectivity index (χ2n) is 6.90. The number of benzene rings is 2. The number of carbonyl (C=O) groups excluding carboxylic acids is 2. The summed E-state index contributed by atoms with van der Waals surface area (Å²) in [5.41, 5.74) is 1.20. The molecule has 4 rings (SSSR count). The maximum Gasteiger partial charge on any atom is 0.275 e. The molecule has 0 aliphatic carbocycles. The molecule has 7 nitrogen and oxygen atoms in total. The fraction of sp³-hybridized carbons (Fsp3) is 0.238. The van der Waals surface area contributed by atoms with E-state index in [4.69, 9.17) is 0 Å². The number of para-hydroxylation sites is 1. The summed E-state index contributed by atoms with van der Waals surface area (Å²) in [5.74, 6) is -0.370. The van der Waals surface area contributed by atoms with Crippen molar-refractivity contribution in [3.63, 3.8) is 0 Å². The average molecular weight is 376 g/mol. The van der Waals surface area contributed by atoms with Crippen LogP contribution in [-0.2, 0) is 16.1 Å². The molecule has 3 aromatic rings. The lowest BCUT2D eigenvalue weighted by atomic mass is 10.1. The Hall–Kier alpha value is -3.48. The number of anilines is 1. The molecule has 7 heteroatoms. The molecular weight excluding hydrogens is 356 g/mol. The summed E-state index contributed by atoms with van der Waals surface area (Å²) in [4.78, 5) is 39.0. The Morgan fingerprint density at radius 2 is 1.75 bits per heavy atom. The highest BCUT2D eigenvalue weighted by Crippen LogP contribution is 2.21. The van der Waals surface area contributed by atoms with Gasteiger partial charge in [0.05, 0.1) is 17.1 Å². The van der Waals surface area contributed by atoms with E-state index >= 15 is 0 Å². The molecule has 142 valence electrons. The Labute approximate surface area is 161 Å². The zero-order chi connectivity index (χ0) is 19.7. The van der Waals surface area contributed by atoms with Crippen LogP contribution >= 0.6 is 0 Å². The van der Waals surface area contributed by atoms with E-state index in [1.54, 1.807) is 17.0 Å². The van der Waals surface area contributed by atoms with Gasteiger partial charge in [0, 0.05) is 24.0 Å². The molecule has 1 fully saturated rings. The molecule has 1 atom stereocenters. The van der Waals surface area contributed by atoms with Gasteiger partial charge < -0.3 is 10.2 Å². The average Bonchev–Trinajstić information content (AvgIpc) is 3.06. The summed E-state index contributed by atoms with van der Waals surface area (Å²) < 4.78 is 1.18. The highest BCUT2D eigenvalue weighted by Gasteiger charge is 2.31. The highest BCUT2D eigenvalue weighted by molar-refractivity contribution is 5.96. The van der Waals surface area contributed by atoms with Crippen molar-refractivity contribution in [1.29, 1.82) is 0 Å². The standard InChI is InChI=1S/C21H20N4O3/c1-14-17-9-5-6-10-18(17)21(28)25(23-14)13-19(26)22-15-11-20(27)24(12-15)16-7-3-2-4-8-16/h2-10,15H,11-13H2,1H3,(H,22,26). The van der Waals surface area contributed by atoms with E-state index < -0.39 is 0 Å². The van der Waals surface area contributed by atoms with E-state index in [1.807, 2.05) is 49.4 Å². The minimum absolute atomic E-state index is 0.0339. The van der Waals surface area contributed by atoms with Crippen LogP contribution in [0.1, 0.15) is 12.1 Å². The van der Waals surface area contributed by atoms with Crippen molar-refractivity contribution in [2.24, 2.45) is 0 Å². The summed E-state index contributed by atoms with van der Waals surface area (Å²) in [6.07, 6.45) is 0.236. The van der Waals surface area contributed by atoms with E-state index in [1.165, 1.54) is 4.68 Å². The summed E-state index contributed by atoms with van der Waals surface area (Å²) in [7, 11) is 0. The van der Waals surface area contributed by atoms with Crippen LogP contribution in [0, 0.1) is 6.92 Å². The zero-order valence-corrected chi connectivity index (χ0v) is 15.5. The van der Waals surface area contributed by atoms with Crippen molar-refractivity contribution < 1.29 is 9.59 Å². The minimum Gasteiger partial charge on any atom is -0.349 e. The van der Waals surface area contributed by atoms with Crippen molar-refractivity contribution in [2.75, 3.05) is 11.4 Å². The third-order valence-corrected chi connectivity index (χ3v) is 4.90. The first kappa shape index (κ1) is 17.9. The zero-order valence-electron chi connectivity index (χ0n) is 15.5. The van der Waals surface area contributed by atoms with Gasteiger partial charge in [0.15, 0.2) is 0 Å². The van der Waals surface area contributed by atoms with Crippen LogP contribution in [0.4, 0.5) is 5.69 Å². The third-order valence-electron chi connectivity index (χ3n) is 4.90. The number of aromatic nitrogens is 2. The van der Waals surface area contributed by atoms with E-state index in [-0.39, 0.29) is 36.4 Å². The second kappa shape index (κ2) is 7.26. The predicted molar refractivity (Wildman–Crippen MR) is 106 cm³/mol. The quantitative estimate of drug-likeness (QED) is 0.750. The number of aryl methyl sites for hydroxylation is 1. The van der Waals surface area contributed by atoms with Gasteiger partial charge in [-0.05, 0) is 25.1 Å². The van der Waals surface area contributed by atoms with E-state index in [2.05, 4.69) is 10.4 Å². The van der Waals surface area contributed by atoms with Crippen LogP contribution in [0.2, 0.25) is 0 Å². The second-order valence-corrected chi connectivity index (χ2v) is 6.90. The number of fused-ring (bicyclic) bond motifs is 1. The number of carbonyl (C=O) groups is 2. The lowest BCUT2D eigenvalue weighted by Crippen LogP contribution is -2.41. The molecule has 1 unspecified atom stereocenters. The van der Waals surface area contributed by atoms with Gasteiger partial charge in [-0.25, -0.2) is 4.68 Å². The van der Waals surface area contributed by atoms with Gasteiger partial charge in [-0.3, -0.25) is 14.4 Å². The van der Waals surface area contributed by atoms with Gasteiger partial charge in [0.25, 0.3) is 5.56 Å². The van der Waals surface area contributed by atoms with Crippen LogP contribution in [0.25, 0.3) is 10.8 Å². The monoisotopic (exact) mass is 376 g/mol. The molecule has 0 saturated carbocycles. The summed E-state index contributed by atoms with van der Waals surface area (Å²) in [5, 5.41) is 8.43. The van der Waals surface area contributed by atoms with Gasteiger partial charge in [-0.2, -0.15) is 5.10 Å². The summed E-state index contributed by atoms with van der Waals surface area (Å²) in [6.45, 7) is 2.04.